The Morgan fingerprint density at radius 3 is 1.83 bits per heavy atom. The molecule has 46 heavy (non-hydrogen) atoms. The van der Waals surface area contributed by atoms with Crippen LogP contribution >= 0.6 is 0 Å². The highest BCUT2D eigenvalue weighted by Crippen LogP contribution is 2.31. The number of carboxylic acid groups (broad SMARTS) is 1. The number of nitrogens with one attached hydrogen (secondary N) is 1. The largest absolute Gasteiger partial charge is 0.481 e. The van der Waals surface area contributed by atoms with E-state index in [-0.39, 0.29) is 25.4 Å². The molecule has 3 rings (SSSR count). The quantitative estimate of drug-likeness (QED) is 0.0782. The number of amides is 1. The predicted octanol–water partition coefficient (Wildman–Crippen LogP) is -1.73. The molecule has 0 saturated carbocycles. The summed E-state index contributed by atoms with van der Waals surface area (Å²) in [5, 5.41) is 84.0. The summed E-state index contributed by atoms with van der Waals surface area (Å²) in [6.07, 6.45) is -9.74. The second kappa shape index (κ2) is 18.9. The number of carbonyl (C=O) groups excluding carboxylic acids is 1. The fraction of sp³-hybridized carbons (Fsp3) is 0.933. The van der Waals surface area contributed by atoms with Gasteiger partial charge in [-0.25, -0.2) is 0 Å². The third kappa shape index (κ3) is 10.7. The van der Waals surface area contributed by atoms with Crippen LogP contribution in [0.5, 0.6) is 0 Å². The first-order valence-corrected chi connectivity index (χ1v) is 16.3. The molecule has 0 aromatic carbocycles. The van der Waals surface area contributed by atoms with Crippen molar-refractivity contribution in [3.8, 4) is 0 Å². The molecular formula is C30H53NO15. The maximum atomic E-state index is 12.7. The van der Waals surface area contributed by atoms with Crippen LogP contribution < -0.4 is 5.32 Å². The lowest BCUT2D eigenvalue weighted by Gasteiger charge is -2.48. The van der Waals surface area contributed by atoms with Crippen LogP contribution in [0.2, 0.25) is 0 Å². The molecule has 3 fully saturated rings. The van der Waals surface area contributed by atoms with Crippen molar-refractivity contribution in [3.63, 3.8) is 0 Å². The first-order chi connectivity index (χ1) is 21.8. The van der Waals surface area contributed by atoms with Crippen LogP contribution in [-0.2, 0) is 33.3 Å². The van der Waals surface area contributed by atoms with Gasteiger partial charge in [-0.3, -0.25) is 9.59 Å². The molecule has 3 heterocycles. The molecule has 0 aromatic rings. The van der Waals surface area contributed by atoms with E-state index in [1.54, 1.807) is 6.92 Å². The molecule has 14 atom stereocenters. The fourth-order valence-corrected chi connectivity index (χ4v) is 6.06. The molecule has 0 aliphatic carbocycles. The SMILES string of the molecule is CC1O[C@@H](OC2C(O)[C@@H](NC(=O)CCCCCCCCCCC(=O)O)C(CO)O[C@H]2C)C(O)C(O)[C@H]1O[C@@H]1OC[C@@H](O)C(O)C1O. The van der Waals surface area contributed by atoms with Crippen LogP contribution in [0, 0.1) is 0 Å². The Balaban J connectivity index is 1.47. The van der Waals surface area contributed by atoms with Crippen molar-refractivity contribution in [2.75, 3.05) is 13.2 Å². The lowest BCUT2D eigenvalue weighted by Crippen LogP contribution is -2.67. The van der Waals surface area contributed by atoms with Crippen molar-refractivity contribution in [1.29, 1.82) is 0 Å². The van der Waals surface area contributed by atoms with Gasteiger partial charge in [0.2, 0.25) is 5.91 Å². The number of carbonyl (C=O) groups is 2. The van der Waals surface area contributed by atoms with E-state index in [1.807, 2.05) is 0 Å². The second-order valence-corrected chi connectivity index (χ2v) is 12.5. The normalized spacial score (nSPS) is 40.0. The molecule has 9 N–H and O–H groups in total. The molecule has 3 aliphatic rings. The minimum absolute atomic E-state index is 0.191. The van der Waals surface area contributed by atoms with Gasteiger partial charge in [-0.2, -0.15) is 0 Å². The molecule has 3 saturated heterocycles. The van der Waals surface area contributed by atoms with Crippen LogP contribution in [0.1, 0.15) is 78.1 Å². The number of aliphatic hydroxyl groups is 7. The van der Waals surface area contributed by atoms with Gasteiger partial charge in [-0.1, -0.05) is 38.5 Å². The van der Waals surface area contributed by atoms with Crippen LogP contribution in [0.25, 0.3) is 0 Å². The smallest absolute Gasteiger partial charge is 0.303 e. The molecule has 3 aliphatic heterocycles. The van der Waals surface area contributed by atoms with Crippen molar-refractivity contribution in [1.82, 2.24) is 5.32 Å². The molecule has 0 radical (unpaired) electrons. The first-order valence-electron chi connectivity index (χ1n) is 16.3. The molecule has 16 heteroatoms. The van der Waals surface area contributed by atoms with Gasteiger partial charge in [0.1, 0.15) is 54.9 Å². The zero-order chi connectivity index (χ0) is 34.0. The van der Waals surface area contributed by atoms with Crippen LogP contribution in [-0.4, -0.2) is 152 Å². The molecule has 0 aromatic heterocycles. The van der Waals surface area contributed by atoms with E-state index in [9.17, 15) is 45.3 Å². The highest BCUT2D eigenvalue weighted by Gasteiger charge is 2.51. The number of hydrogen-bond acceptors (Lipinski definition) is 14. The second-order valence-electron chi connectivity index (χ2n) is 12.5. The third-order valence-corrected chi connectivity index (χ3v) is 8.82. The fourth-order valence-electron chi connectivity index (χ4n) is 6.06. The molecule has 8 unspecified atom stereocenters. The standard InChI is InChI=1S/C30H53NO15/c1-15-27(46-30-26(41)24(39)28(16(2)44-30)45-29-25(40)22(37)17(33)14-42-29)23(38)21(18(13-32)43-15)31-19(34)11-9-7-5-3-4-6-8-10-12-20(35)36/h15-18,21-30,32-33,37-41H,3-14H2,1-2H3,(H,31,34)(H,35,36)/t15-,16?,17+,18?,21-,22?,23?,24?,25?,26?,27?,28-,29-,30-/m0/s1. The summed E-state index contributed by atoms with van der Waals surface area (Å²) in [5.41, 5.74) is 0. The van der Waals surface area contributed by atoms with Crippen LogP contribution in [0.15, 0.2) is 0 Å². The van der Waals surface area contributed by atoms with Gasteiger partial charge in [-0.15, -0.1) is 0 Å². The minimum atomic E-state index is -1.69. The number of hydrogen-bond donors (Lipinski definition) is 9. The van der Waals surface area contributed by atoms with Gasteiger partial charge < -0.3 is 69.9 Å². The topological polar surface area (TPSA) is 254 Å². The van der Waals surface area contributed by atoms with Crippen molar-refractivity contribution >= 4 is 11.9 Å². The summed E-state index contributed by atoms with van der Waals surface area (Å²) in [5.74, 6) is -1.12. The van der Waals surface area contributed by atoms with Crippen molar-refractivity contribution in [2.24, 2.45) is 0 Å². The molecule has 0 bridgehead atoms. The maximum absolute atomic E-state index is 12.7. The van der Waals surface area contributed by atoms with Gasteiger partial charge in [0.25, 0.3) is 0 Å². The van der Waals surface area contributed by atoms with Gasteiger partial charge in [0.15, 0.2) is 12.6 Å². The average Bonchev–Trinajstić information content (AvgIpc) is 3.01. The average molecular weight is 668 g/mol. The highest BCUT2D eigenvalue weighted by molar-refractivity contribution is 5.76. The zero-order valence-electron chi connectivity index (χ0n) is 26.5. The van der Waals surface area contributed by atoms with Crippen molar-refractivity contribution in [3.05, 3.63) is 0 Å². The Labute approximate surface area is 268 Å². The summed E-state index contributed by atoms with van der Waals surface area (Å²) in [4.78, 5) is 23.3. The summed E-state index contributed by atoms with van der Waals surface area (Å²) >= 11 is 0. The van der Waals surface area contributed by atoms with Gasteiger partial charge in [0.05, 0.1) is 31.5 Å². The summed E-state index contributed by atoms with van der Waals surface area (Å²) in [6, 6.07) is -1.03. The predicted molar refractivity (Wildman–Crippen MR) is 157 cm³/mol. The van der Waals surface area contributed by atoms with Crippen LogP contribution in [0.3, 0.4) is 0 Å². The molecule has 16 nitrogen and oxygen atoms in total. The minimum Gasteiger partial charge on any atom is -0.481 e. The Morgan fingerprint density at radius 1 is 0.696 bits per heavy atom. The molecule has 268 valence electrons. The Hall–Kier alpha value is -1.54. The maximum Gasteiger partial charge on any atom is 0.303 e. The van der Waals surface area contributed by atoms with E-state index >= 15 is 0 Å². The molecule has 1 amide bonds. The molecular weight excluding hydrogens is 614 g/mol. The monoisotopic (exact) mass is 667 g/mol. The van der Waals surface area contributed by atoms with Crippen LogP contribution in [0.4, 0.5) is 0 Å². The van der Waals surface area contributed by atoms with Crippen molar-refractivity contribution < 1.29 is 74.1 Å². The zero-order valence-corrected chi connectivity index (χ0v) is 26.5. The number of ether oxygens (including phenoxy) is 5. The number of rotatable bonds is 17. The first kappa shape index (κ1) is 38.9. The Kier molecular flexibility index (Phi) is 15.9. The molecule has 0 spiro atoms. The Morgan fingerprint density at radius 2 is 1.22 bits per heavy atom. The summed E-state index contributed by atoms with van der Waals surface area (Å²) in [6.45, 7) is 2.30. The number of aliphatic hydroxyl groups excluding tert-OH is 7. The lowest BCUT2D eigenvalue weighted by atomic mass is 9.92. The summed E-state index contributed by atoms with van der Waals surface area (Å²) in [7, 11) is 0. The Bertz CT molecular complexity index is 929. The lowest BCUT2D eigenvalue weighted by molar-refractivity contribution is -0.358. The van der Waals surface area contributed by atoms with Gasteiger partial charge >= 0.3 is 5.97 Å². The number of carboxylic acids is 1. The highest BCUT2D eigenvalue weighted by atomic mass is 16.7. The third-order valence-electron chi connectivity index (χ3n) is 8.82. The number of unbranched alkanes of at least 4 members (excludes halogenated alkanes) is 7. The van der Waals surface area contributed by atoms with E-state index in [1.165, 1.54) is 6.92 Å². The van der Waals surface area contributed by atoms with E-state index in [0.29, 0.717) is 12.8 Å². The number of aliphatic carboxylic acids is 1. The van der Waals surface area contributed by atoms with E-state index in [0.717, 1.165) is 38.5 Å². The van der Waals surface area contributed by atoms with Gasteiger partial charge in [-0.05, 0) is 26.7 Å². The van der Waals surface area contributed by atoms with Crippen molar-refractivity contribution in [2.45, 2.75) is 164 Å². The summed E-state index contributed by atoms with van der Waals surface area (Å²) < 4.78 is 28.3. The van der Waals surface area contributed by atoms with Gasteiger partial charge in [0, 0.05) is 12.8 Å². The van der Waals surface area contributed by atoms with E-state index in [2.05, 4.69) is 5.32 Å². The van der Waals surface area contributed by atoms with E-state index in [4.69, 9.17) is 28.8 Å². The van der Waals surface area contributed by atoms with E-state index < -0.39 is 98.3 Å².